The summed E-state index contributed by atoms with van der Waals surface area (Å²) >= 11 is 10.6. The van der Waals surface area contributed by atoms with Gasteiger partial charge < -0.3 is 0 Å². The highest BCUT2D eigenvalue weighted by Gasteiger charge is 2.28. The zero-order chi connectivity index (χ0) is 11.8. The van der Waals surface area contributed by atoms with Gasteiger partial charge in [0, 0.05) is 0 Å². The Morgan fingerprint density at radius 3 is 3.00 bits per heavy atom. The Hall–Kier alpha value is -0.730. The van der Waals surface area contributed by atoms with E-state index in [4.69, 9.17) is 11.6 Å². The molecule has 3 rings (SSSR count). The zero-order valence-corrected chi connectivity index (χ0v) is 11.6. The quantitative estimate of drug-likeness (QED) is 0.803. The summed E-state index contributed by atoms with van der Waals surface area (Å²) in [6.07, 6.45) is 3.68. The van der Waals surface area contributed by atoms with E-state index in [2.05, 4.69) is 41.4 Å². The maximum Gasteiger partial charge on any atom is 0.215 e. The minimum Gasteiger partial charge on any atom is -0.228 e. The van der Waals surface area contributed by atoms with Crippen molar-refractivity contribution >= 4 is 39.3 Å². The molecule has 0 aromatic carbocycles. The molecule has 0 radical (unpaired) electrons. The van der Waals surface area contributed by atoms with Gasteiger partial charge in [0.15, 0.2) is 0 Å². The maximum atomic E-state index is 5.90. The largest absolute Gasteiger partial charge is 0.228 e. The first-order valence-electron chi connectivity index (χ1n) is 4.87. The second kappa shape index (κ2) is 4.51. The summed E-state index contributed by atoms with van der Waals surface area (Å²) in [6.45, 7) is 0. The van der Waals surface area contributed by atoms with Gasteiger partial charge in [-0.25, -0.2) is 14.6 Å². The van der Waals surface area contributed by atoms with E-state index in [-0.39, 0.29) is 0 Å². The van der Waals surface area contributed by atoms with E-state index >= 15 is 0 Å². The van der Waals surface area contributed by atoms with Gasteiger partial charge in [-0.05, 0) is 51.0 Å². The van der Waals surface area contributed by atoms with Crippen LogP contribution < -0.4 is 0 Å². The van der Waals surface area contributed by atoms with Crippen molar-refractivity contribution in [1.29, 1.82) is 0 Å². The van der Waals surface area contributed by atoms with Crippen LogP contribution in [0.15, 0.2) is 21.0 Å². The predicted octanol–water partition coefficient (Wildman–Crippen LogP) is 2.37. The van der Waals surface area contributed by atoms with Crippen molar-refractivity contribution in [2.45, 2.75) is 29.1 Å². The second-order valence-electron chi connectivity index (χ2n) is 3.52. The van der Waals surface area contributed by atoms with Gasteiger partial charge in [0.1, 0.15) is 16.5 Å². The summed E-state index contributed by atoms with van der Waals surface area (Å²) in [6, 6.07) is 0.434. The number of rotatable bonds is 3. The van der Waals surface area contributed by atoms with Gasteiger partial charge >= 0.3 is 0 Å². The molecule has 9 heteroatoms. The normalized spacial score (nSPS) is 15.2. The first kappa shape index (κ1) is 11.4. The summed E-state index contributed by atoms with van der Waals surface area (Å²) in [5.41, 5.74) is 0. The number of aromatic nitrogens is 6. The molecule has 1 fully saturated rings. The van der Waals surface area contributed by atoms with Gasteiger partial charge in [-0.2, -0.15) is 0 Å². The van der Waals surface area contributed by atoms with Gasteiger partial charge in [-0.3, -0.25) is 0 Å². The summed E-state index contributed by atoms with van der Waals surface area (Å²) < 4.78 is 2.49. The molecular formula is C8H6BrClN6S. The van der Waals surface area contributed by atoms with Gasteiger partial charge in [-0.15, -0.1) is 5.10 Å². The van der Waals surface area contributed by atoms with Crippen molar-refractivity contribution in [2.75, 3.05) is 0 Å². The van der Waals surface area contributed by atoms with E-state index < -0.39 is 0 Å². The second-order valence-corrected chi connectivity index (χ2v) is 5.63. The molecular weight excluding hydrogens is 328 g/mol. The Morgan fingerprint density at radius 2 is 2.24 bits per heavy atom. The third kappa shape index (κ3) is 2.29. The SMILES string of the molecule is Clc1ncnc(Sc2nnnn2C2CC2)c1Br. The van der Waals surface area contributed by atoms with Crippen LogP contribution in [0.25, 0.3) is 0 Å². The van der Waals surface area contributed by atoms with Crippen molar-refractivity contribution in [2.24, 2.45) is 0 Å². The van der Waals surface area contributed by atoms with Crippen molar-refractivity contribution in [3.63, 3.8) is 0 Å². The molecule has 0 N–H and O–H groups in total. The van der Waals surface area contributed by atoms with E-state index in [1.807, 2.05) is 4.68 Å². The number of halogens is 2. The Bertz CT molecular complexity index is 557. The number of hydrogen-bond donors (Lipinski definition) is 0. The van der Waals surface area contributed by atoms with Crippen molar-refractivity contribution < 1.29 is 0 Å². The van der Waals surface area contributed by atoms with Crippen LogP contribution in [0.5, 0.6) is 0 Å². The average molecular weight is 334 g/mol. The van der Waals surface area contributed by atoms with Crippen molar-refractivity contribution in [1.82, 2.24) is 30.2 Å². The molecule has 1 saturated carbocycles. The molecule has 2 aromatic rings. The molecule has 2 heterocycles. The van der Waals surface area contributed by atoms with E-state index in [9.17, 15) is 0 Å². The number of hydrogen-bond acceptors (Lipinski definition) is 6. The van der Waals surface area contributed by atoms with E-state index in [0.29, 0.717) is 20.7 Å². The molecule has 0 spiro atoms. The standard InChI is InChI=1S/C8H6BrClN6S/c9-5-6(10)11-3-12-7(5)17-8-13-14-15-16(8)4-1-2-4/h3-4H,1-2H2. The van der Waals surface area contributed by atoms with Gasteiger partial charge in [-0.1, -0.05) is 11.6 Å². The first-order chi connectivity index (χ1) is 8.25. The molecule has 88 valence electrons. The molecule has 1 aliphatic carbocycles. The van der Waals surface area contributed by atoms with Crippen LogP contribution >= 0.6 is 39.3 Å². The van der Waals surface area contributed by atoms with Crippen molar-refractivity contribution in [3.05, 3.63) is 16.0 Å². The van der Waals surface area contributed by atoms with Crippen LogP contribution in [-0.2, 0) is 0 Å². The predicted molar refractivity (Wildman–Crippen MR) is 65.0 cm³/mol. The highest BCUT2D eigenvalue weighted by Crippen LogP contribution is 2.39. The van der Waals surface area contributed by atoms with Crippen LogP contribution in [-0.4, -0.2) is 30.2 Å². The van der Waals surface area contributed by atoms with Crippen LogP contribution in [0, 0.1) is 0 Å². The fourth-order valence-electron chi connectivity index (χ4n) is 1.29. The number of tetrazole rings is 1. The molecule has 6 nitrogen and oxygen atoms in total. The van der Waals surface area contributed by atoms with Crippen LogP contribution in [0.1, 0.15) is 18.9 Å². The molecule has 0 bridgehead atoms. The summed E-state index contributed by atoms with van der Waals surface area (Å²) in [4.78, 5) is 8.02. The smallest absolute Gasteiger partial charge is 0.215 e. The molecule has 17 heavy (non-hydrogen) atoms. The lowest BCUT2D eigenvalue weighted by molar-refractivity contribution is 0.565. The summed E-state index contributed by atoms with van der Waals surface area (Å²) in [7, 11) is 0. The van der Waals surface area contributed by atoms with Crippen molar-refractivity contribution in [3.8, 4) is 0 Å². The van der Waals surface area contributed by atoms with E-state index in [1.54, 1.807) is 0 Å². The lowest BCUT2D eigenvalue weighted by Gasteiger charge is -2.03. The van der Waals surface area contributed by atoms with Crippen LogP contribution in [0.2, 0.25) is 5.15 Å². The topological polar surface area (TPSA) is 69.4 Å². The third-order valence-electron chi connectivity index (χ3n) is 2.26. The lowest BCUT2D eigenvalue weighted by atomic mass is 10.7. The zero-order valence-electron chi connectivity index (χ0n) is 8.42. The maximum absolute atomic E-state index is 5.90. The molecule has 0 unspecified atom stereocenters. The fourth-order valence-corrected chi connectivity index (χ4v) is 2.74. The Kier molecular flexibility index (Phi) is 3.01. The Labute approximate surface area is 114 Å². The van der Waals surface area contributed by atoms with Crippen LogP contribution in [0.3, 0.4) is 0 Å². The summed E-state index contributed by atoms with van der Waals surface area (Å²) in [5, 5.41) is 13.5. The molecule has 1 aliphatic rings. The average Bonchev–Trinajstić information content (AvgIpc) is 3.06. The monoisotopic (exact) mass is 332 g/mol. The highest BCUT2D eigenvalue weighted by molar-refractivity contribution is 9.10. The third-order valence-corrected chi connectivity index (χ3v) is 4.74. The fraction of sp³-hybridized carbons (Fsp3) is 0.375. The van der Waals surface area contributed by atoms with E-state index in [0.717, 1.165) is 18.0 Å². The lowest BCUT2D eigenvalue weighted by Crippen LogP contribution is -1.99. The minimum absolute atomic E-state index is 0.382. The summed E-state index contributed by atoms with van der Waals surface area (Å²) in [5.74, 6) is 0. The minimum atomic E-state index is 0.382. The van der Waals surface area contributed by atoms with Crippen LogP contribution in [0.4, 0.5) is 0 Å². The van der Waals surface area contributed by atoms with E-state index in [1.165, 1.54) is 18.1 Å². The first-order valence-corrected chi connectivity index (χ1v) is 6.86. The molecule has 0 amide bonds. The van der Waals surface area contributed by atoms with Gasteiger partial charge in [0.25, 0.3) is 0 Å². The Morgan fingerprint density at radius 1 is 1.41 bits per heavy atom. The molecule has 0 atom stereocenters. The molecule has 2 aromatic heterocycles. The van der Waals surface area contributed by atoms with Gasteiger partial charge in [0.05, 0.1) is 10.5 Å². The molecule has 0 saturated heterocycles. The Balaban J connectivity index is 1.91. The van der Waals surface area contributed by atoms with Gasteiger partial charge in [0.2, 0.25) is 5.16 Å². The number of nitrogens with zero attached hydrogens (tertiary/aromatic N) is 6. The molecule has 0 aliphatic heterocycles. The highest BCUT2D eigenvalue weighted by atomic mass is 79.9.